The zero-order chi connectivity index (χ0) is 6.53. The predicted octanol–water partition coefficient (Wildman–Crippen LogP) is 0.889. The Hall–Kier alpha value is 0.283. The van der Waals surface area contributed by atoms with Gasteiger partial charge in [-0.2, -0.15) is 0 Å². The average Bonchev–Trinajstić information content (AvgIpc) is 1.91. The summed E-state index contributed by atoms with van der Waals surface area (Å²) in [4.78, 5) is 0. The van der Waals surface area contributed by atoms with E-state index in [4.69, 9.17) is 5.73 Å². The summed E-state index contributed by atoms with van der Waals surface area (Å²) in [5.74, 6) is 0. The van der Waals surface area contributed by atoms with E-state index < -0.39 is 17.1 Å². The van der Waals surface area contributed by atoms with Crippen LogP contribution in [-0.2, 0) is 17.1 Å². The number of halogens is 1. The summed E-state index contributed by atoms with van der Waals surface area (Å²) in [5.41, 5.74) is 5.44. The van der Waals surface area contributed by atoms with Crippen LogP contribution in [0.5, 0.6) is 0 Å². The molecule has 10 heavy (non-hydrogen) atoms. The van der Waals surface area contributed by atoms with Crippen LogP contribution < -0.4 is 9.89 Å². The van der Waals surface area contributed by atoms with Gasteiger partial charge < -0.3 is 0 Å². The van der Waals surface area contributed by atoms with E-state index in [0.717, 1.165) is 5.14 Å². The number of hydrogen-bond donors (Lipinski definition) is 1. The Morgan fingerprint density at radius 2 is 1.80 bits per heavy atom. The molecule has 0 aliphatic carbocycles. The minimum absolute atomic E-state index is 0. The minimum atomic E-state index is -0.512. The summed E-state index contributed by atoms with van der Waals surface area (Å²) in [7, 11) is 0. The van der Waals surface area contributed by atoms with Crippen LogP contribution in [0.4, 0.5) is 0 Å². The fourth-order valence-corrected chi connectivity index (χ4v) is 2.78. The van der Waals surface area contributed by atoms with Gasteiger partial charge in [-0.25, -0.2) is 0 Å². The van der Waals surface area contributed by atoms with Crippen LogP contribution in [0.2, 0.25) is 0 Å². The molecule has 2 N–H and O–H groups in total. The fraction of sp³-hybridized carbons (Fsp3) is 0.143. The van der Waals surface area contributed by atoms with Gasteiger partial charge in [0.05, 0.1) is 0 Å². The summed E-state index contributed by atoms with van der Waals surface area (Å²) >= 11 is -0.512. The van der Waals surface area contributed by atoms with Crippen molar-refractivity contribution in [2.45, 2.75) is 0 Å². The van der Waals surface area contributed by atoms with Crippen LogP contribution in [0.15, 0.2) is 30.3 Å². The van der Waals surface area contributed by atoms with Gasteiger partial charge in [0.1, 0.15) is 0 Å². The maximum absolute atomic E-state index is 5.44. The molecule has 0 bridgehead atoms. The molecule has 0 saturated carbocycles. The normalized spacial score (nSPS) is 7.70. The van der Waals surface area contributed by atoms with Crippen LogP contribution in [0.25, 0.3) is 0 Å². The van der Waals surface area contributed by atoms with Crippen molar-refractivity contribution < 1.29 is 17.1 Å². The Labute approximate surface area is 79.4 Å². The van der Waals surface area contributed by atoms with Crippen molar-refractivity contribution >= 4 is 21.1 Å². The number of hydrogen-bond acceptors (Lipinski definition) is 1. The van der Waals surface area contributed by atoms with Gasteiger partial charge in [-0.15, -0.1) is 17.0 Å². The van der Waals surface area contributed by atoms with Gasteiger partial charge in [0.25, 0.3) is 0 Å². The topological polar surface area (TPSA) is 26.0 Å². The SMILES string of the molecule is Br.N[CH2][Zn][c]1ccccc1. The van der Waals surface area contributed by atoms with Gasteiger partial charge in [0, 0.05) is 0 Å². The van der Waals surface area contributed by atoms with E-state index in [1.807, 2.05) is 6.07 Å². The number of rotatable bonds is 2. The molecule has 0 spiro atoms. The van der Waals surface area contributed by atoms with Gasteiger partial charge in [-0.05, 0) is 0 Å². The van der Waals surface area contributed by atoms with Crippen molar-refractivity contribution in [3.8, 4) is 0 Å². The molecule has 1 rings (SSSR count). The molecule has 0 aliphatic rings. The molecule has 0 unspecified atom stereocenters. The summed E-state index contributed by atoms with van der Waals surface area (Å²) in [5, 5.41) is 0.928. The summed E-state index contributed by atoms with van der Waals surface area (Å²) in [6.45, 7) is 0. The molecule has 0 aliphatic heterocycles. The van der Waals surface area contributed by atoms with Crippen LogP contribution >= 0.6 is 17.0 Å². The zero-order valence-corrected chi connectivity index (χ0v) is 10.5. The molecule has 0 aromatic heterocycles. The van der Waals surface area contributed by atoms with E-state index >= 15 is 0 Å². The molecule has 1 nitrogen and oxygen atoms in total. The third kappa shape index (κ3) is 3.45. The second kappa shape index (κ2) is 6.02. The van der Waals surface area contributed by atoms with Crippen LogP contribution in [0.3, 0.4) is 0 Å². The second-order valence-electron chi connectivity index (χ2n) is 2.02. The van der Waals surface area contributed by atoms with Crippen molar-refractivity contribution in [1.29, 1.82) is 0 Å². The third-order valence-corrected chi connectivity index (χ3v) is 4.08. The second-order valence-corrected chi connectivity index (χ2v) is 6.00. The molecule has 0 radical (unpaired) electrons. The molecule has 0 fully saturated rings. The van der Waals surface area contributed by atoms with Gasteiger partial charge in [-0.3, -0.25) is 0 Å². The monoisotopic (exact) mass is 251 g/mol. The van der Waals surface area contributed by atoms with Gasteiger partial charge in [0.2, 0.25) is 0 Å². The Morgan fingerprint density at radius 1 is 1.20 bits per heavy atom. The molecular formula is C7H10BrNZn. The summed E-state index contributed by atoms with van der Waals surface area (Å²) in [6.07, 6.45) is 0. The van der Waals surface area contributed by atoms with E-state index in [9.17, 15) is 0 Å². The Balaban J connectivity index is 0.000000810. The van der Waals surface area contributed by atoms with Crippen molar-refractivity contribution in [2.75, 3.05) is 5.14 Å². The maximum atomic E-state index is 5.44. The summed E-state index contributed by atoms with van der Waals surface area (Å²) in [6, 6.07) is 10.6. The average molecular weight is 253 g/mol. The van der Waals surface area contributed by atoms with Crippen molar-refractivity contribution in [3.05, 3.63) is 30.3 Å². The van der Waals surface area contributed by atoms with Crippen LogP contribution in [0.1, 0.15) is 0 Å². The van der Waals surface area contributed by atoms with Crippen molar-refractivity contribution in [2.24, 2.45) is 5.73 Å². The van der Waals surface area contributed by atoms with E-state index in [1.165, 1.54) is 4.16 Å². The summed E-state index contributed by atoms with van der Waals surface area (Å²) < 4.78 is 1.51. The van der Waals surface area contributed by atoms with Crippen LogP contribution in [-0.4, -0.2) is 5.14 Å². The standard InChI is InChI=1S/C6H5.CH4N.BrH.Zn/c1-2-4-6-5-3-1;1-2;;/h1-5H;1-2H2;1H;. The Kier molecular flexibility index (Phi) is 6.19. The number of benzene rings is 1. The molecule has 0 heterocycles. The van der Waals surface area contributed by atoms with Gasteiger partial charge in [-0.1, -0.05) is 0 Å². The first-order chi connectivity index (χ1) is 4.43. The Morgan fingerprint density at radius 3 is 2.30 bits per heavy atom. The first-order valence-electron chi connectivity index (χ1n) is 3.17. The van der Waals surface area contributed by atoms with Crippen molar-refractivity contribution in [1.82, 2.24) is 0 Å². The first kappa shape index (κ1) is 10.3. The molecule has 0 atom stereocenters. The first-order valence-corrected chi connectivity index (χ1v) is 6.75. The Bertz CT molecular complexity index is 167. The van der Waals surface area contributed by atoms with Gasteiger partial charge >= 0.3 is 62.5 Å². The molecule has 1 aromatic rings. The molecular weight excluding hydrogens is 243 g/mol. The zero-order valence-electron chi connectivity index (χ0n) is 5.79. The third-order valence-electron chi connectivity index (χ3n) is 1.28. The quantitative estimate of drug-likeness (QED) is 0.778. The van der Waals surface area contributed by atoms with Gasteiger partial charge in [0.15, 0.2) is 0 Å². The van der Waals surface area contributed by atoms with E-state index in [1.54, 1.807) is 0 Å². The predicted molar refractivity (Wildman–Crippen MR) is 45.5 cm³/mol. The fourth-order valence-electron chi connectivity index (χ4n) is 0.811. The molecule has 0 amide bonds. The number of nitrogens with two attached hydrogens (primary N) is 1. The van der Waals surface area contributed by atoms with Crippen molar-refractivity contribution in [3.63, 3.8) is 0 Å². The molecule has 0 saturated heterocycles. The van der Waals surface area contributed by atoms with E-state index in [-0.39, 0.29) is 17.0 Å². The van der Waals surface area contributed by atoms with E-state index in [0.29, 0.717) is 0 Å². The molecule has 1 aromatic carbocycles. The molecule has 3 heteroatoms. The van der Waals surface area contributed by atoms with Crippen LogP contribution in [0, 0.1) is 0 Å². The van der Waals surface area contributed by atoms with E-state index in [2.05, 4.69) is 24.3 Å². The molecule has 52 valence electrons.